The Balaban J connectivity index is 1.62. The van der Waals surface area contributed by atoms with Crippen molar-refractivity contribution in [2.75, 3.05) is 18.4 Å². The fourth-order valence-corrected chi connectivity index (χ4v) is 3.92. The van der Waals surface area contributed by atoms with Gasteiger partial charge in [0.2, 0.25) is 5.13 Å². The molecular weight excluding hydrogens is 371 g/mol. The number of carbonyl (C=O) groups is 1. The summed E-state index contributed by atoms with van der Waals surface area (Å²) in [6.07, 6.45) is 1.63. The SMILES string of the molecule is O=C(O)C1CCCN(Cc2nnc(Nc3ccc(Cl)cc3Cl)s2)C1. The average Bonchev–Trinajstić information content (AvgIpc) is 2.97. The van der Waals surface area contributed by atoms with Crippen LogP contribution in [0.4, 0.5) is 10.8 Å². The number of piperidine rings is 1. The molecule has 1 aliphatic rings. The van der Waals surface area contributed by atoms with Gasteiger partial charge >= 0.3 is 5.97 Å². The lowest BCUT2D eigenvalue weighted by molar-refractivity contribution is -0.143. The number of aromatic nitrogens is 2. The van der Waals surface area contributed by atoms with Crippen molar-refractivity contribution in [2.45, 2.75) is 19.4 Å². The van der Waals surface area contributed by atoms with E-state index < -0.39 is 5.97 Å². The highest BCUT2D eigenvalue weighted by molar-refractivity contribution is 7.15. The maximum absolute atomic E-state index is 11.1. The molecule has 1 unspecified atom stereocenters. The summed E-state index contributed by atoms with van der Waals surface area (Å²) in [6.45, 7) is 2.05. The molecule has 24 heavy (non-hydrogen) atoms. The summed E-state index contributed by atoms with van der Waals surface area (Å²) < 4.78 is 0. The number of nitrogens with one attached hydrogen (secondary N) is 1. The summed E-state index contributed by atoms with van der Waals surface area (Å²) >= 11 is 13.4. The van der Waals surface area contributed by atoms with Crippen molar-refractivity contribution in [2.24, 2.45) is 5.92 Å². The van der Waals surface area contributed by atoms with Gasteiger partial charge in [0.05, 0.1) is 23.2 Å². The topological polar surface area (TPSA) is 78.3 Å². The van der Waals surface area contributed by atoms with Crippen molar-refractivity contribution in [1.82, 2.24) is 15.1 Å². The van der Waals surface area contributed by atoms with Gasteiger partial charge in [-0.3, -0.25) is 9.69 Å². The maximum atomic E-state index is 11.1. The lowest BCUT2D eigenvalue weighted by atomic mass is 9.98. The first-order valence-corrected chi connectivity index (χ1v) is 9.08. The number of benzene rings is 1. The molecule has 2 aromatic rings. The van der Waals surface area contributed by atoms with Crippen LogP contribution in [0.25, 0.3) is 0 Å². The zero-order valence-electron chi connectivity index (χ0n) is 12.7. The standard InChI is InChI=1S/C15H16Cl2N4O2S/c16-10-3-4-12(11(17)6-10)18-15-20-19-13(24-15)8-21-5-1-2-9(7-21)14(22)23/h3-4,6,9H,1-2,5,7-8H2,(H,18,20)(H,22,23). The third kappa shape index (κ3) is 4.36. The molecule has 0 bridgehead atoms. The van der Waals surface area contributed by atoms with E-state index in [-0.39, 0.29) is 5.92 Å². The Hall–Kier alpha value is -1.41. The Morgan fingerprint density at radius 2 is 2.25 bits per heavy atom. The number of hydrogen-bond donors (Lipinski definition) is 2. The van der Waals surface area contributed by atoms with Crippen LogP contribution in [0.1, 0.15) is 17.8 Å². The van der Waals surface area contributed by atoms with Gasteiger partial charge in [0.15, 0.2) is 0 Å². The summed E-state index contributed by atoms with van der Waals surface area (Å²) in [5, 5.41) is 23.1. The predicted octanol–water partition coefficient (Wildman–Crippen LogP) is 3.89. The first kappa shape index (κ1) is 17.4. The van der Waals surface area contributed by atoms with Gasteiger partial charge < -0.3 is 10.4 Å². The lowest BCUT2D eigenvalue weighted by Crippen LogP contribution is -2.38. The second-order valence-electron chi connectivity index (χ2n) is 5.66. The van der Waals surface area contributed by atoms with E-state index in [0.717, 1.165) is 24.4 Å². The second kappa shape index (κ2) is 7.65. The summed E-state index contributed by atoms with van der Waals surface area (Å²) in [6, 6.07) is 5.19. The van der Waals surface area contributed by atoms with Crippen LogP contribution in [0.15, 0.2) is 18.2 Å². The first-order valence-electron chi connectivity index (χ1n) is 7.51. The summed E-state index contributed by atoms with van der Waals surface area (Å²) in [5.74, 6) is -1.02. The molecule has 0 saturated carbocycles. The van der Waals surface area contributed by atoms with Crippen molar-refractivity contribution in [3.8, 4) is 0 Å². The molecule has 1 fully saturated rings. The third-order valence-corrected chi connectivity index (χ3v) is 5.22. The number of carboxylic acid groups (broad SMARTS) is 1. The summed E-state index contributed by atoms with van der Waals surface area (Å²) in [4.78, 5) is 13.2. The molecule has 9 heteroatoms. The minimum absolute atomic E-state index is 0.294. The monoisotopic (exact) mass is 386 g/mol. The number of aliphatic carboxylic acids is 1. The molecule has 0 aliphatic carbocycles. The van der Waals surface area contributed by atoms with Gasteiger partial charge in [-0.1, -0.05) is 34.5 Å². The molecule has 1 atom stereocenters. The van der Waals surface area contributed by atoms with E-state index in [1.54, 1.807) is 18.2 Å². The molecule has 1 aromatic carbocycles. The van der Waals surface area contributed by atoms with Crippen LogP contribution in [0.5, 0.6) is 0 Å². The minimum Gasteiger partial charge on any atom is -0.481 e. The summed E-state index contributed by atoms with van der Waals surface area (Å²) in [5.41, 5.74) is 0.715. The van der Waals surface area contributed by atoms with Crippen molar-refractivity contribution in [3.05, 3.63) is 33.3 Å². The van der Waals surface area contributed by atoms with Gasteiger partial charge in [-0.15, -0.1) is 10.2 Å². The molecule has 3 rings (SSSR count). The number of hydrogen-bond acceptors (Lipinski definition) is 6. The molecule has 1 saturated heterocycles. The minimum atomic E-state index is -0.725. The highest BCUT2D eigenvalue weighted by atomic mass is 35.5. The first-order chi connectivity index (χ1) is 11.5. The number of nitrogens with zero attached hydrogens (tertiary/aromatic N) is 3. The number of carboxylic acids is 1. The van der Waals surface area contributed by atoms with Gasteiger partial charge in [0.25, 0.3) is 0 Å². The van der Waals surface area contributed by atoms with Crippen LogP contribution in [-0.4, -0.2) is 39.3 Å². The van der Waals surface area contributed by atoms with E-state index in [9.17, 15) is 4.79 Å². The number of likely N-dealkylation sites (tertiary alicyclic amines) is 1. The van der Waals surface area contributed by atoms with Crippen molar-refractivity contribution < 1.29 is 9.90 Å². The zero-order valence-corrected chi connectivity index (χ0v) is 15.0. The van der Waals surface area contributed by atoms with Crippen LogP contribution >= 0.6 is 34.5 Å². The Labute approximate surface area is 153 Å². The smallest absolute Gasteiger partial charge is 0.307 e. The Kier molecular flexibility index (Phi) is 5.55. The van der Waals surface area contributed by atoms with Crippen LogP contribution < -0.4 is 5.32 Å². The fourth-order valence-electron chi connectivity index (χ4n) is 2.67. The van der Waals surface area contributed by atoms with Crippen LogP contribution in [0, 0.1) is 5.92 Å². The van der Waals surface area contributed by atoms with E-state index in [2.05, 4.69) is 20.4 Å². The Bertz CT molecular complexity index is 740. The van der Waals surface area contributed by atoms with Gasteiger partial charge in [0, 0.05) is 11.6 Å². The highest BCUT2D eigenvalue weighted by Gasteiger charge is 2.25. The fraction of sp³-hybridized carbons (Fsp3) is 0.400. The molecular formula is C15H16Cl2N4O2S. The quantitative estimate of drug-likeness (QED) is 0.811. The number of anilines is 2. The maximum Gasteiger partial charge on any atom is 0.307 e. The molecule has 2 N–H and O–H groups in total. The van der Waals surface area contributed by atoms with Crippen LogP contribution in [0.3, 0.4) is 0 Å². The van der Waals surface area contributed by atoms with Gasteiger partial charge in [-0.2, -0.15) is 0 Å². The van der Waals surface area contributed by atoms with E-state index in [1.165, 1.54) is 11.3 Å². The number of rotatable bonds is 5. The molecule has 1 aromatic heterocycles. The van der Waals surface area contributed by atoms with Crippen LogP contribution in [-0.2, 0) is 11.3 Å². The predicted molar refractivity (Wildman–Crippen MR) is 95.3 cm³/mol. The molecule has 6 nitrogen and oxygen atoms in total. The molecule has 128 valence electrons. The third-order valence-electron chi connectivity index (χ3n) is 3.85. The summed E-state index contributed by atoms with van der Waals surface area (Å²) in [7, 11) is 0. The van der Waals surface area contributed by atoms with E-state index in [0.29, 0.717) is 34.0 Å². The van der Waals surface area contributed by atoms with Gasteiger partial charge in [-0.05, 0) is 37.6 Å². The Morgan fingerprint density at radius 1 is 1.42 bits per heavy atom. The van der Waals surface area contributed by atoms with E-state index in [1.807, 2.05) is 0 Å². The molecule has 0 amide bonds. The molecule has 1 aliphatic heterocycles. The molecule has 0 radical (unpaired) electrons. The second-order valence-corrected chi connectivity index (χ2v) is 7.57. The lowest BCUT2D eigenvalue weighted by Gasteiger charge is -2.29. The highest BCUT2D eigenvalue weighted by Crippen LogP contribution is 2.30. The normalized spacial score (nSPS) is 18.5. The molecule has 2 heterocycles. The zero-order chi connectivity index (χ0) is 17.1. The van der Waals surface area contributed by atoms with Crippen molar-refractivity contribution >= 4 is 51.3 Å². The largest absolute Gasteiger partial charge is 0.481 e. The molecule has 0 spiro atoms. The average molecular weight is 387 g/mol. The van der Waals surface area contributed by atoms with Crippen molar-refractivity contribution in [3.63, 3.8) is 0 Å². The van der Waals surface area contributed by atoms with Crippen molar-refractivity contribution in [1.29, 1.82) is 0 Å². The number of halogens is 2. The van der Waals surface area contributed by atoms with Gasteiger partial charge in [0.1, 0.15) is 5.01 Å². The van der Waals surface area contributed by atoms with E-state index in [4.69, 9.17) is 28.3 Å². The van der Waals surface area contributed by atoms with Crippen LogP contribution in [0.2, 0.25) is 10.0 Å². The Morgan fingerprint density at radius 3 is 3.00 bits per heavy atom. The van der Waals surface area contributed by atoms with E-state index >= 15 is 0 Å². The van der Waals surface area contributed by atoms with Gasteiger partial charge in [-0.25, -0.2) is 0 Å².